The van der Waals surface area contributed by atoms with Crippen molar-refractivity contribution in [3.8, 4) is 5.69 Å². The molecule has 15 heteroatoms. The van der Waals surface area contributed by atoms with Crippen LogP contribution in [0, 0.1) is 0 Å². The predicted molar refractivity (Wildman–Crippen MR) is 126 cm³/mol. The van der Waals surface area contributed by atoms with Crippen LogP contribution in [0.15, 0.2) is 53.7 Å². The zero-order valence-electron chi connectivity index (χ0n) is 19.6. The van der Waals surface area contributed by atoms with Crippen LogP contribution in [0.25, 0.3) is 16.5 Å². The lowest BCUT2D eigenvalue weighted by molar-refractivity contribution is -0.143. The number of benzene rings is 1. The van der Waals surface area contributed by atoms with E-state index >= 15 is 0 Å². The molecule has 1 aliphatic heterocycles. The maximum absolute atomic E-state index is 14.2. The van der Waals surface area contributed by atoms with E-state index in [1.807, 2.05) is 5.32 Å². The quantitative estimate of drug-likeness (QED) is 0.325. The second-order valence-electron chi connectivity index (χ2n) is 8.72. The van der Waals surface area contributed by atoms with Crippen LogP contribution in [0.4, 0.5) is 37.8 Å². The third-order valence-electron chi connectivity index (χ3n) is 6.23. The highest BCUT2D eigenvalue weighted by molar-refractivity contribution is 6.05. The average molecular weight is 552 g/mol. The molecule has 1 aliphatic rings. The van der Waals surface area contributed by atoms with Crippen molar-refractivity contribution in [1.82, 2.24) is 19.7 Å². The first-order valence-electron chi connectivity index (χ1n) is 11.5. The highest BCUT2D eigenvalue weighted by Crippen LogP contribution is 2.39. The number of carbonyl (C=O) groups is 1. The topological polar surface area (TPSA) is 116 Å². The van der Waals surface area contributed by atoms with Gasteiger partial charge in [-0.15, -0.1) is 0 Å². The van der Waals surface area contributed by atoms with Crippen LogP contribution in [0.3, 0.4) is 0 Å². The van der Waals surface area contributed by atoms with Gasteiger partial charge in [-0.2, -0.15) is 31.4 Å². The summed E-state index contributed by atoms with van der Waals surface area (Å²) < 4.78 is 84.4. The number of nitrogens with zero attached hydrogens (tertiary/aromatic N) is 4. The highest BCUT2D eigenvalue weighted by Gasteiger charge is 2.42. The van der Waals surface area contributed by atoms with Crippen molar-refractivity contribution in [2.75, 3.05) is 16.8 Å². The number of anilines is 2. The Morgan fingerprint density at radius 1 is 1.08 bits per heavy atom. The van der Waals surface area contributed by atoms with E-state index in [0.717, 1.165) is 11.1 Å². The molecule has 204 valence electrons. The molecule has 1 atom stereocenters. The van der Waals surface area contributed by atoms with Gasteiger partial charge in [0.2, 0.25) is 0 Å². The summed E-state index contributed by atoms with van der Waals surface area (Å²) in [5.74, 6) is -1.93. The number of nitrogens with one attached hydrogen (secondary N) is 2. The normalized spacial score (nSPS) is 16.2. The van der Waals surface area contributed by atoms with Crippen molar-refractivity contribution >= 4 is 28.2 Å². The Kier molecular flexibility index (Phi) is 6.33. The number of rotatable bonds is 4. The number of pyridine rings is 2. The van der Waals surface area contributed by atoms with Crippen molar-refractivity contribution in [3.63, 3.8) is 0 Å². The summed E-state index contributed by atoms with van der Waals surface area (Å²) in [5, 5.41) is 16.0. The van der Waals surface area contributed by atoms with Gasteiger partial charge in [0, 0.05) is 23.5 Å². The van der Waals surface area contributed by atoms with Gasteiger partial charge in [0.05, 0.1) is 29.3 Å². The summed E-state index contributed by atoms with van der Waals surface area (Å²) in [6, 6.07) is 5.93. The third-order valence-corrected chi connectivity index (χ3v) is 6.23. The number of fused-ring (bicyclic) bond motifs is 1. The fourth-order valence-corrected chi connectivity index (χ4v) is 4.52. The number of amides is 1. The minimum Gasteiger partial charge on any atom is -0.374 e. The molecule has 4 heterocycles. The molecule has 1 amide bonds. The van der Waals surface area contributed by atoms with Crippen molar-refractivity contribution in [3.05, 3.63) is 76.1 Å². The van der Waals surface area contributed by atoms with Crippen LogP contribution in [0.2, 0.25) is 0 Å². The number of hydrogen-bond acceptors (Lipinski definition) is 6. The Hall–Kier alpha value is -4.40. The van der Waals surface area contributed by atoms with Crippen molar-refractivity contribution in [2.45, 2.75) is 31.4 Å². The Balaban J connectivity index is 1.55. The molecule has 1 unspecified atom stereocenters. The van der Waals surface area contributed by atoms with Crippen LogP contribution >= 0.6 is 0 Å². The van der Waals surface area contributed by atoms with Crippen LogP contribution < -0.4 is 15.8 Å². The summed E-state index contributed by atoms with van der Waals surface area (Å²) >= 11 is 0. The van der Waals surface area contributed by atoms with Gasteiger partial charge in [0.15, 0.2) is 5.69 Å². The number of hydrogen-bond donors (Lipinski definition) is 3. The summed E-state index contributed by atoms with van der Waals surface area (Å²) in [6.45, 7) is 0.122. The molecule has 3 N–H and O–H groups in total. The smallest absolute Gasteiger partial charge is 0.374 e. The lowest BCUT2D eigenvalue weighted by atomic mass is 10.1. The predicted octanol–water partition coefficient (Wildman–Crippen LogP) is 4.32. The number of aromatic amines is 1. The zero-order valence-corrected chi connectivity index (χ0v) is 19.6. The van der Waals surface area contributed by atoms with Crippen LogP contribution in [-0.2, 0) is 12.4 Å². The summed E-state index contributed by atoms with van der Waals surface area (Å²) in [6.07, 6.45) is -7.80. The Bertz CT molecular complexity index is 1630. The van der Waals surface area contributed by atoms with Gasteiger partial charge in [-0.1, -0.05) is 6.07 Å². The SMILES string of the molecule is O=C(Nc1cnc(N2CCCC2O)c(C(F)(F)F)c1)c1cnn(-c2cccc3c(=O)[nH]ccc23)c1C(F)(F)F. The molecule has 0 bridgehead atoms. The standard InChI is InChI=1S/C24H18F6N6O3/c25-23(26,27)16-9-12(10-32-20(16)35-8-2-5-18(35)37)34-22(39)15-11-33-36(19(15)24(28,29)30)17-4-1-3-14-13(17)6-7-31-21(14)38/h1,3-4,6-7,9-11,18,37H,2,5,8H2,(H,31,38)(H,34,39). The lowest BCUT2D eigenvalue weighted by Crippen LogP contribution is -2.31. The van der Waals surface area contributed by atoms with Gasteiger partial charge in [0.1, 0.15) is 17.6 Å². The number of aliphatic hydroxyl groups is 1. The maximum Gasteiger partial charge on any atom is 0.434 e. The second kappa shape index (κ2) is 9.41. The minimum absolute atomic E-state index is 0.0820. The van der Waals surface area contributed by atoms with Crippen LogP contribution in [-0.4, -0.2) is 43.5 Å². The lowest BCUT2D eigenvalue weighted by Gasteiger charge is -2.25. The molecule has 1 fully saturated rings. The summed E-state index contributed by atoms with van der Waals surface area (Å²) in [5.41, 5.74) is -4.92. The molecular weight excluding hydrogens is 534 g/mol. The van der Waals surface area contributed by atoms with Crippen molar-refractivity contribution in [1.29, 1.82) is 0 Å². The molecule has 0 radical (unpaired) electrons. The largest absolute Gasteiger partial charge is 0.434 e. The van der Waals surface area contributed by atoms with Gasteiger partial charge in [0.25, 0.3) is 11.5 Å². The number of carbonyl (C=O) groups excluding carboxylic acids is 1. The molecule has 0 spiro atoms. The maximum atomic E-state index is 14.2. The molecule has 0 saturated carbocycles. The van der Waals surface area contributed by atoms with Gasteiger partial charge < -0.3 is 20.3 Å². The average Bonchev–Trinajstić information content (AvgIpc) is 3.50. The van der Waals surface area contributed by atoms with E-state index in [0.29, 0.717) is 23.4 Å². The molecule has 9 nitrogen and oxygen atoms in total. The van der Waals surface area contributed by atoms with Crippen molar-refractivity contribution in [2.24, 2.45) is 0 Å². The van der Waals surface area contributed by atoms with E-state index in [1.165, 1.54) is 30.5 Å². The molecule has 5 rings (SSSR count). The number of aromatic nitrogens is 4. The molecule has 39 heavy (non-hydrogen) atoms. The Morgan fingerprint density at radius 3 is 2.51 bits per heavy atom. The number of aliphatic hydroxyl groups excluding tert-OH is 1. The molecule has 4 aromatic rings. The van der Waals surface area contributed by atoms with Gasteiger partial charge in [-0.05, 0) is 37.1 Å². The van der Waals surface area contributed by atoms with Crippen LogP contribution in [0.5, 0.6) is 0 Å². The van der Waals surface area contributed by atoms with E-state index in [-0.39, 0.29) is 29.4 Å². The zero-order chi connectivity index (χ0) is 28.1. The fourth-order valence-electron chi connectivity index (χ4n) is 4.52. The van der Waals surface area contributed by atoms with E-state index in [1.54, 1.807) is 0 Å². The fraction of sp³-hybridized carbons (Fsp3) is 0.250. The molecule has 0 aliphatic carbocycles. The molecule has 1 saturated heterocycles. The van der Waals surface area contributed by atoms with E-state index in [2.05, 4.69) is 15.1 Å². The van der Waals surface area contributed by atoms with E-state index in [4.69, 9.17) is 0 Å². The monoisotopic (exact) mass is 552 g/mol. The molecule has 3 aromatic heterocycles. The minimum atomic E-state index is -5.11. The summed E-state index contributed by atoms with van der Waals surface area (Å²) in [7, 11) is 0. The third kappa shape index (κ3) is 4.80. The first-order valence-corrected chi connectivity index (χ1v) is 11.5. The van der Waals surface area contributed by atoms with E-state index < -0.39 is 58.4 Å². The first kappa shape index (κ1) is 26.2. The Labute approximate surface area is 214 Å². The van der Waals surface area contributed by atoms with Crippen LogP contribution in [0.1, 0.15) is 34.5 Å². The first-order chi connectivity index (χ1) is 18.4. The van der Waals surface area contributed by atoms with Gasteiger partial charge in [-0.3, -0.25) is 9.59 Å². The Morgan fingerprint density at radius 2 is 1.85 bits per heavy atom. The molecule has 1 aromatic carbocycles. The summed E-state index contributed by atoms with van der Waals surface area (Å²) in [4.78, 5) is 32.3. The highest BCUT2D eigenvalue weighted by atomic mass is 19.4. The van der Waals surface area contributed by atoms with E-state index in [9.17, 15) is 41.0 Å². The molecular formula is C24H18F6N6O3. The number of halogens is 6. The van der Waals surface area contributed by atoms with Crippen molar-refractivity contribution < 1.29 is 36.2 Å². The van der Waals surface area contributed by atoms with Gasteiger partial charge in [-0.25, -0.2) is 9.67 Å². The number of H-pyrrole nitrogens is 1. The van der Waals surface area contributed by atoms with Gasteiger partial charge >= 0.3 is 12.4 Å². The number of alkyl halides is 6. The second-order valence-corrected chi connectivity index (χ2v) is 8.72.